The summed E-state index contributed by atoms with van der Waals surface area (Å²) in [5, 5.41) is 26.4. The van der Waals surface area contributed by atoms with Crippen LogP contribution in [0.2, 0.25) is 0 Å². The molecule has 0 rings (SSSR count). The molecule has 0 aromatic rings. The molecule has 0 atom stereocenters. The molecule has 0 bridgehead atoms. The minimum absolute atomic E-state index is 0.158. The average Bonchev–Trinajstić information content (AvgIpc) is 2.40. The lowest BCUT2D eigenvalue weighted by Crippen LogP contribution is -2.23. The Balaban J connectivity index is 4.66. The molecule has 0 heterocycles. The molecule has 0 radical (unpaired) electrons. The molecule has 0 aliphatic heterocycles. The van der Waals surface area contributed by atoms with Gasteiger partial charge in [0.1, 0.15) is 0 Å². The van der Waals surface area contributed by atoms with Gasteiger partial charge in [-0.15, -0.1) is 0 Å². The summed E-state index contributed by atoms with van der Waals surface area (Å²) in [6.45, 7) is 11.9. The zero-order valence-electron chi connectivity index (χ0n) is 12.5. The Morgan fingerprint density at radius 1 is 0.737 bits per heavy atom. The molecular formula is C13H22N4O2-2. The number of aliphatic imine (C=N–C) groups is 2. The highest BCUT2D eigenvalue weighted by atomic mass is 16.4. The van der Waals surface area contributed by atoms with Gasteiger partial charge in [-0.25, -0.2) is 0 Å². The molecule has 0 fully saturated rings. The molecule has 0 N–H and O–H groups in total. The van der Waals surface area contributed by atoms with Crippen LogP contribution < -0.4 is 0 Å². The Labute approximate surface area is 114 Å². The molecule has 6 heteroatoms. The lowest BCUT2D eigenvalue weighted by Gasteiger charge is -2.20. The topological polar surface area (TPSA) is 95.6 Å². The summed E-state index contributed by atoms with van der Waals surface area (Å²) in [6, 6.07) is 0. The van der Waals surface area contributed by atoms with Crippen molar-refractivity contribution in [3.05, 3.63) is 10.4 Å². The van der Waals surface area contributed by atoms with Crippen LogP contribution >= 0.6 is 0 Å². The van der Waals surface area contributed by atoms with Crippen molar-refractivity contribution in [2.24, 2.45) is 25.7 Å². The molecule has 19 heavy (non-hydrogen) atoms. The van der Waals surface area contributed by atoms with Gasteiger partial charge < -0.3 is 20.7 Å². The Bertz CT molecular complexity index is 382. The van der Waals surface area contributed by atoms with Crippen molar-refractivity contribution in [3.63, 3.8) is 0 Å². The number of rotatable bonds is 6. The molecule has 0 spiro atoms. The predicted octanol–water partition coefficient (Wildman–Crippen LogP) is 2.85. The first kappa shape index (κ1) is 17.3. The van der Waals surface area contributed by atoms with Crippen LogP contribution in [0.1, 0.15) is 41.5 Å². The fraction of sp³-hybridized carbons (Fsp3) is 0.692. The van der Waals surface area contributed by atoms with E-state index in [0.717, 1.165) is 0 Å². The summed E-state index contributed by atoms with van der Waals surface area (Å²) < 4.78 is 0. The van der Waals surface area contributed by atoms with Crippen molar-refractivity contribution in [3.8, 4) is 0 Å². The van der Waals surface area contributed by atoms with Crippen molar-refractivity contribution in [2.45, 2.75) is 41.5 Å². The SMILES string of the molecule is CC(=NCC(C)(C)CN=C(C)/C(C)=N/[O-])/C(C)=N/[O-]. The van der Waals surface area contributed by atoms with Gasteiger partial charge in [0.25, 0.3) is 0 Å². The third-order valence-corrected chi connectivity index (χ3v) is 2.81. The van der Waals surface area contributed by atoms with Crippen molar-refractivity contribution >= 4 is 22.8 Å². The summed E-state index contributed by atoms with van der Waals surface area (Å²) >= 11 is 0. The smallest absolute Gasteiger partial charge is 0.0521 e. The van der Waals surface area contributed by atoms with Crippen LogP contribution in [-0.2, 0) is 0 Å². The number of nitrogens with zero attached hydrogens (tertiary/aromatic N) is 4. The van der Waals surface area contributed by atoms with E-state index in [1.807, 2.05) is 13.8 Å². The highest BCUT2D eigenvalue weighted by Gasteiger charge is 2.17. The molecule has 0 aromatic heterocycles. The standard InChI is InChI=1S/C13H24N4O2/c1-9(11(3)16-18)14-7-13(5,6)8-15-10(2)12(4)17-19/h18-19H,7-8H2,1-6H3/p-2/b14-9?,15-10?,16-11+,17-12+. The Morgan fingerprint density at radius 2 is 1.05 bits per heavy atom. The Kier molecular flexibility index (Phi) is 6.96. The summed E-state index contributed by atoms with van der Waals surface area (Å²) in [5.41, 5.74) is 1.91. The van der Waals surface area contributed by atoms with E-state index in [0.29, 0.717) is 35.9 Å². The summed E-state index contributed by atoms with van der Waals surface area (Å²) in [7, 11) is 0. The van der Waals surface area contributed by atoms with Crippen molar-refractivity contribution < 1.29 is 0 Å². The van der Waals surface area contributed by atoms with Crippen molar-refractivity contribution in [1.29, 1.82) is 0 Å². The summed E-state index contributed by atoms with van der Waals surface area (Å²) in [6.07, 6.45) is 0. The first-order valence-corrected chi connectivity index (χ1v) is 6.10. The molecule has 0 aliphatic rings. The van der Waals surface area contributed by atoms with Crippen LogP contribution in [0.15, 0.2) is 20.3 Å². The monoisotopic (exact) mass is 266 g/mol. The lowest BCUT2D eigenvalue weighted by atomic mass is 9.93. The van der Waals surface area contributed by atoms with Gasteiger partial charge in [-0.2, -0.15) is 0 Å². The zero-order valence-corrected chi connectivity index (χ0v) is 12.5. The van der Waals surface area contributed by atoms with Crippen LogP contribution in [0, 0.1) is 15.8 Å². The summed E-state index contributed by atoms with van der Waals surface area (Å²) in [4.78, 5) is 8.67. The van der Waals surface area contributed by atoms with E-state index in [2.05, 4.69) is 20.3 Å². The normalized spacial score (nSPS) is 15.9. The second-order valence-corrected chi connectivity index (χ2v) is 5.32. The maximum absolute atomic E-state index is 10.4. The van der Waals surface area contributed by atoms with E-state index in [4.69, 9.17) is 0 Å². The van der Waals surface area contributed by atoms with Gasteiger partial charge in [0, 0.05) is 29.9 Å². The molecule has 0 unspecified atom stereocenters. The molecule has 0 saturated heterocycles. The van der Waals surface area contributed by atoms with Crippen LogP contribution in [0.4, 0.5) is 0 Å². The fourth-order valence-corrected chi connectivity index (χ4v) is 1.08. The lowest BCUT2D eigenvalue weighted by molar-refractivity contribution is 0.395. The van der Waals surface area contributed by atoms with E-state index < -0.39 is 0 Å². The fourth-order valence-electron chi connectivity index (χ4n) is 1.08. The van der Waals surface area contributed by atoms with E-state index >= 15 is 0 Å². The molecule has 0 aliphatic carbocycles. The van der Waals surface area contributed by atoms with Crippen LogP contribution in [0.5, 0.6) is 0 Å². The molecule has 0 amide bonds. The van der Waals surface area contributed by atoms with Gasteiger partial charge in [-0.1, -0.05) is 13.8 Å². The van der Waals surface area contributed by atoms with Gasteiger partial charge in [0.15, 0.2) is 0 Å². The average molecular weight is 266 g/mol. The van der Waals surface area contributed by atoms with Gasteiger partial charge in [-0.3, -0.25) is 9.98 Å². The minimum Gasteiger partial charge on any atom is -0.792 e. The van der Waals surface area contributed by atoms with E-state index in [1.54, 1.807) is 27.7 Å². The minimum atomic E-state index is -0.158. The van der Waals surface area contributed by atoms with E-state index in [-0.39, 0.29) is 5.41 Å². The third kappa shape index (κ3) is 6.69. The summed E-state index contributed by atoms with van der Waals surface area (Å²) in [5.74, 6) is 0. The zero-order chi connectivity index (χ0) is 15.1. The quantitative estimate of drug-likeness (QED) is 0.545. The van der Waals surface area contributed by atoms with Crippen LogP contribution in [0.25, 0.3) is 0 Å². The molecule has 0 saturated carbocycles. The maximum atomic E-state index is 10.4. The van der Waals surface area contributed by atoms with Gasteiger partial charge >= 0.3 is 0 Å². The first-order chi connectivity index (χ1) is 8.73. The van der Waals surface area contributed by atoms with Gasteiger partial charge in [0.05, 0.1) is 11.4 Å². The van der Waals surface area contributed by atoms with Gasteiger partial charge in [-0.05, 0) is 27.7 Å². The second-order valence-electron chi connectivity index (χ2n) is 5.32. The van der Waals surface area contributed by atoms with Gasteiger partial charge in [0.2, 0.25) is 0 Å². The third-order valence-electron chi connectivity index (χ3n) is 2.81. The second kappa shape index (κ2) is 7.66. The number of hydrogen-bond donors (Lipinski definition) is 0. The highest BCUT2D eigenvalue weighted by molar-refractivity contribution is 6.41. The maximum Gasteiger partial charge on any atom is 0.0521 e. The van der Waals surface area contributed by atoms with Crippen molar-refractivity contribution in [1.82, 2.24) is 0 Å². The van der Waals surface area contributed by atoms with E-state index in [9.17, 15) is 10.4 Å². The number of hydrogen-bond acceptors (Lipinski definition) is 6. The molecule has 108 valence electrons. The molecule has 0 aromatic carbocycles. The largest absolute Gasteiger partial charge is 0.792 e. The molecule has 6 nitrogen and oxygen atoms in total. The highest BCUT2D eigenvalue weighted by Crippen LogP contribution is 2.16. The van der Waals surface area contributed by atoms with Crippen LogP contribution in [0.3, 0.4) is 0 Å². The van der Waals surface area contributed by atoms with E-state index in [1.165, 1.54) is 0 Å². The van der Waals surface area contributed by atoms with Crippen molar-refractivity contribution in [2.75, 3.05) is 13.1 Å². The van der Waals surface area contributed by atoms with Crippen LogP contribution in [-0.4, -0.2) is 35.9 Å². The first-order valence-electron chi connectivity index (χ1n) is 6.10. The Morgan fingerprint density at radius 3 is 1.32 bits per heavy atom. The molecular weight excluding hydrogens is 244 g/mol. The predicted molar refractivity (Wildman–Crippen MR) is 82.7 cm³/mol. The Hall–Kier alpha value is -1.72.